The first kappa shape index (κ1) is 17.4. The van der Waals surface area contributed by atoms with Gasteiger partial charge in [0, 0.05) is 13.1 Å². The van der Waals surface area contributed by atoms with Gasteiger partial charge in [0.05, 0.1) is 0 Å². The molecule has 7 nitrogen and oxygen atoms in total. The maximum Gasteiger partial charge on any atom is 0.245 e. The summed E-state index contributed by atoms with van der Waals surface area (Å²) >= 11 is 0. The van der Waals surface area contributed by atoms with Crippen LogP contribution in [0.15, 0.2) is 4.63 Å². The highest BCUT2D eigenvalue weighted by Crippen LogP contribution is 2.19. The Kier molecular flexibility index (Phi) is 7.56. The summed E-state index contributed by atoms with van der Waals surface area (Å²) < 4.78 is 4.71. The van der Waals surface area contributed by atoms with Gasteiger partial charge in [-0.2, -0.15) is 0 Å². The standard InChI is InChI=1S/C16H28N6O/c1-3-5-7-9-11-17-13-14(18-12-10-8-6-4-2)20-16-15(19-13)21-23-22-16/h3-12H2,1-2H3,(H,17,19,21)(H,18,20,22). The lowest BCUT2D eigenvalue weighted by atomic mass is 10.2. The minimum absolute atomic E-state index is 0.442. The number of aromatic nitrogens is 4. The van der Waals surface area contributed by atoms with Crippen LogP contribution in [0.3, 0.4) is 0 Å². The van der Waals surface area contributed by atoms with E-state index in [1.807, 2.05) is 0 Å². The molecule has 0 fully saturated rings. The summed E-state index contributed by atoms with van der Waals surface area (Å²) in [5.41, 5.74) is 0.884. The van der Waals surface area contributed by atoms with E-state index in [1.54, 1.807) is 0 Å². The number of unbranched alkanes of at least 4 members (excludes halogenated alkanes) is 6. The van der Waals surface area contributed by atoms with Crippen molar-refractivity contribution in [3.8, 4) is 0 Å². The number of nitrogens with zero attached hydrogens (tertiary/aromatic N) is 4. The van der Waals surface area contributed by atoms with Crippen LogP contribution in [0.5, 0.6) is 0 Å². The van der Waals surface area contributed by atoms with Crippen molar-refractivity contribution < 1.29 is 4.63 Å². The third-order valence-corrected chi connectivity index (χ3v) is 3.76. The molecule has 2 aromatic rings. The second-order valence-corrected chi connectivity index (χ2v) is 5.81. The van der Waals surface area contributed by atoms with Crippen LogP contribution in [-0.4, -0.2) is 33.4 Å². The number of rotatable bonds is 12. The van der Waals surface area contributed by atoms with Crippen LogP contribution in [-0.2, 0) is 0 Å². The number of fused-ring (bicyclic) bond motifs is 1. The van der Waals surface area contributed by atoms with Crippen LogP contribution in [0, 0.1) is 0 Å². The minimum Gasteiger partial charge on any atom is -0.367 e. The molecule has 0 aromatic carbocycles. The van der Waals surface area contributed by atoms with Crippen LogP contribution in [0.1, 0.15) is 65.2 Å². The van der Waals surface area contributed by atoms with Crippen molar-refractivity contribution in [2.24, 2.45) is 0 Å². The molecule has 2 heterocycles. The van der Waals surface area contributed by atoms with E-state index >= 15 is 0 Å². The van der Waals surface area contributed by atoms with Crippen molar-refractivity contribution in [3.05, 3.63) is 0 Å². The summed E-state index contributed by atoms with van der Waals surface area (Å²) in [4.78, 5) is 8.93. The molecule has 0 amide bonds. The van der Waals surface area contributed by atoms with E-state index in [9.17, 15) is 0 Å². The second kappa shape index (κ2) is 9.97. The van der Waals surface area contributed by atoms with Gasteiger partial charge in [0.2, 0.25) is 11.3 Å². The van der Waals surface area contributed by atoms with Gasteiger partial charge in [0.15, 0.2) is 11.6 Å². The molecule has 0 bridgehead atoms. The highest BCUT2D eigenvalue weighted by molar-refractivity contribution is 5.73. The number of hydrogen-bond donors (Lipinski definition) is 2. The first-order chi connectivity index (χ1) is 11.3. The summed E-state index contributed by atoms with van der Waals surface area (Å²) in [6.45, 7) is 6.20. The van der Waals surface area contributed by atoms with Crippen molar-refractivity contribution in [1.82, 2.24) is 20.3 Å². The molecule has 2 aromatic heterocycles. The third kappa shape index (κ3) is 5.65. The van der Waals surface area contributed by atoms with Gasteiger partial charge in [0.25, 0.3) is 0 Å². The lowest BCUT2D eigenvalue weighted by molar-refractivity contribution is 0.314. The maximum atomic E-state index is 4.71. The normalized spacial score (nSPS) is 11.0. The van der Waals surface area contributed by atoms with Crippen LogP contribution in [0.25, 0.3) is 11.3 Å². The quantitative estimate of drug-likeness (QED) is 0.571. The molecular formula is C16H28N6O. The Labute approximate surface area is 137 Å². The molecule has 0 unspecified atom stereocenters. The molecule has 0 atom stereocenters. The molecule has 2 rings (SSSR count). The van der Waals surface area contributed by atoms with Crippen molar-refractivity contribution in [1.29, 1.82) is 0 Å². The average molecular weight is 320 g/mol. The van der Waals surface area contributed by atoms with Crippen LogP contribution >= 0.6 is 0 Å². The van der Waals surface area contributed by atoms with Gasteiger partial charge in [-0.1, -0.05) is 52.4 Å². The monoisotopic (exact) mass is 320 g/mol. The molecule has 0 aliphatic rings. The van der Waals surface area contributed by atoms with Crippen LogP contribution in [0.2, 0.25) is 0 Å². The molecule has 0 radical (unpaired) electrons. The van der Waals surface area contributed by atoms with E-state index in [0.717, 1.165) is 37.6 Å². The Balaban J connectivity index is 1.93. The largest absolute Gasteiger partial charge is 0.367 e. The zero-order valence-electron chi connectivity index (χ0n) is 14.3. The summed E-state index contributed by atoms with van der Waals surface area (Å²) in [6, 6.07) is 0. The Hall–Kier alpha value is -1.92. The molecule has 0 saturated carbocycles. The molecule has 0 aliphatic carbocycles. The van der Waals surface area contributed by atoms with Gasteiger partial charge in [-0.05, 0) is 23.2 Å². The zero-order chi connectivity index (χ0) is 16.3. The Bertz CT molecular complexity index is 523. The smallest absolute Gasteiger partial charge is 0.245 e. The van der Waals surface area contributed by atoms with E-state index in [0.29, 0.717) is 11.3 Å². The highest BCUT2D eigenvalue weighted by atomic mass is 16.6. The molecule has 23 heavy (non-hydrogen) atoms. The average Bonchev–Trinajstić information content (AvgIpc) is 3.01. The van der Waals surface area contributed by atoms with Crippen molar-refractivity contribution in [3.63, 3.8) is 0 Å². The second-order valence-electron chi connectivity index (χ2n) is 5.81. The van der Waals surface area contributed by atoms with Gasteiger partial charge < -0.3 is 10.6 Å². The number of hydrogen-bond acceptors (Lipinski definition) is 7. The van der Waals surface area contributed by atoms with Gasteiger partial charge in [-0.25, -0.2) is 14.6 Å². The predicted octanol–water partition coefficient (Wildman–Crippen LogP) is 4.00. The first-order valence-electron chi connectivity index (χ1n) is 8.83. The van der Waals surface area contributed by atoms with Gasteiger partial charge >= 0.3 is 0 Å². The van der Waals surface area contributed by atoms with Gasteiger partial charge in [-0.15, -0.1) is 0 Å². The van der Waals surface area contributed by atoms with Gasteiger partial charge in [0.1, 0.15) is 0 Å². The molecule has 2 N–H and O–H groups in total. The molecule has 7 heteroatoms. The summed E-state index contributed by atoms with van der Waals surface area (Å²) in [6.07, 6.45) is 9.71. The minimum atomic E-state index is 0.442. The van der Waals surface area contributed by atoms with Crippen LogP contribution in [0.4, 0.5) is 11.6 Å². The topological polar surface area (TPSA) is 88.8 Å². The summed E-state index contributed by atoms with van der Waals surface area (Å²) in [5, 5.41) is 14.3. The summed E-state index contributed by atoms with van der Waals surface area (Å²) in [7, 11) is 0. The lowest BCUT2D eigenvalue weighted by Gasteiger charge is -2.11. The van der Waals surface area contributed by atoms with Crippen molar-refractivity contribution in [2.45, 2.75) is 65.2 Å². The predicted molar refractivity (Wildman–Crippen MR) is 92.7 cm³/mol. The fraction of sp³-hybridized carbons (Fsp3) is 0.750. The third-order valence-electron chi connectivity index (χ3n) is 3.76. The lowest BCUT2D eigenvalue weighted by Crippen LogP contribution is -2.11. The Morgan fingerprint density at radius 1 is 0.696 bits per heavy atom. The number of nitrogens with one attached hydrogen (secondary N) is 2. The van der Waals surface area contributed by atoms with Gasteiger partial charge in [-0.3, -0.25) is 0 Å². The van der Waals surface area contributed by atoms with E-state index in [2.05, 4.69) is 44.8 Å². The van der Waals surface area contributed by atoms with Crippen molar-refractivity contribution in [2.75, 3.05) is 23.7 Å². The van der Waals surface area contributed by atoms with Crippen molar-refractivity contribution >= 4 is 22.9 Å². The Morgan fingerprint density at radius 3 is 1.61 bits per heavy atom. The fourth-order valence-corrected chi connectivity index (χ4v) is 2.40. The SMILES string of the molecule is CCCCCCNc1nc2nonc2nc1NCCCCCC. The van der Waals surface area contributed by atoms with E-state index < -0.39 is 0 Å². The Morgan fingerprint density at radius 2 is 1.17 bits per heavy atom. The molecule has 0 aliphatic heterocycles. The summed E-state index contributed by atoms with van der Waals surface area (Å²) in [5.74, 6) is 1.47. The molecule has 128 valence electrons. The van der Waals surface area contributed by atoms with E-state index in [4.69, 9.17) is 4.63 Å². The maximum absolute atomic E-state index is 4.71. The first-order valence-corrected chi connectivity index (χ1v) is 8.83. The molecular weight excluding hydrogens is 292 g/mol. The fourth-order valence-electron chi connectivity index (χ4n) is 2.40. The highest BCUT2D eigenvalue weighted by Gasteiger charge is 2.11. The zero-order valence-corrected chi connectivity index (χ0v) is 14.3. The van der Waals surface area contributed by atoms with E-state index in [1.165, 1.54) is 38.5 Å². The molecule has 0 spiro atoms. The molecule has 0 saturated heterocycles. The van der Waals surface area contributed by atoms with E-state index in [-0.39, 0.29) is 0 Å². The number of anilines is 2. The van der Waals surface area contributed by atoms with Crippen LogP contribution < -0.4 is 10.6 Å².